The van der Waals surface area contributed by atoms with E-state index in [1.165, 1.54) is 0 Å². The van der Waals surface area contributed by atoms with Gasteiger partial charge in [0.1, 0.15) is 6.61 Å². The maximum absolute atomic E-state index is 6.04. The SMILES string of the molecule is Cn1ncc(Br)c1OCCO[Si](C)(C)C(C)(C)C. The summed E-state index contributed by atoms with van der Waals surface area (Å²) in [4.78, 5) is 0. The molecule has 6 heteroatoms. The lowest BCUT2D eigenvalue weighted by Gasteiger charge is -2.36. The van der Waals surface area contributed by atoms with Crippen LogP contribution < -0.4 is 4.74 Å². The third-order valence-electron chi connectivity index (χ3n) is 3.43. The highest BCUT2D eigenvalue weighted by molar-refractivity contribution is 9.10. The van der Waals surface area contributed by atoms with E-state index in [0.29, 0.717) is 13.2 Å². The lowest BCUT2D eigenvalue weighted by atomic mass is 10.2. The molecule has 0 aromatic carbocycles. The molecule has 0 atom stereocenters. The first-order valence-corrected chi connectivity index (χ1v) is 9.79. The fraction of sp³-hybridized carbons (Fsp3) is 0.750. The van der Waals surface area contributed by atoms with Gasteiger partial charge in [0.25, 0.3) is 0 Å². The van der Waals surface area contributed by atoms with Gasteiger partial charge in [-0.1, -0.05) is 20.8 Å². The molecule has 1 aromatic heterocycles. The number of nitrogens with zero attached hydrogens (tertiary/aromatic N) is 2. The van der Waals surface area contributed by atoms with Gasteiger partial charge in [0.2, 0.25) is 5.88 Å². The van der Waals surface area contributed by atoms with Crippen molar-refractivity contribution in [2.75, 3.05) is 13.2 Å². The van der Waals surface area contributed by atoms with Crippen molar-refractivity contribution in [2.24, 2.45) is 7.05 Å². The van der Waals surface area contributed by atoms with Crippen molar-refractivity contribution in [1.29, 1.82) is 0 Å². The van der Waals surface area contributed by atoms with Crippen molar-refractivity contribution < 1.29 is 9.16 Å². The molecule has 1 heterocycles. The summed E-state index contributed by atoms with van der Waals surface area (Å²) in [6.45, 7) is 12.4. The third-order valence-corrected chi connectivity index (χ3v) is 8.52. The van der Waals surface area contributed by atoms with E-state index in [2.05, 4.69) is 54.9 Å². The van der Waals surface area contributed by atoms with E-state index >= 15 is 0 Å². The summed E-state index contributed by atoms with van der Waals surface area (Å²) >= 11 is 3.40. The minimum absolute atomic E-state index is 0.236. The molecule has 0 aliphatic heterocycles. The van der Waals surface area contributed by atoms with Gasteiger partial charge in [-0.15, -0.1) is 0 Å². The maximum Gasteiger partial charge on any atom is 0.226 e. The van der Waals surface area contributed by atoms with Crippen LogP contribution in [0.4, 0.5) is 0 Å². The molecule has 0 unspecified atom stereocenters. The Labute approximate surface area is 119 Å². The minimum atomic E-state index is -1.67. The summed E-state index contributed by atoms with van der Waals surface area (Å²) in [7, 11) is 0.188. The predicted octanol–water partition coefficient (Wildman–Crippen LogP) is 3.58. The number of hydrogen-bond acceptors (Lipinski definition) is 3. The molecule has 0 saturated carbocycles. The number of rotatable bonds is 5. The fourth-order valence-electron chi connectivity index (χ4n) is 1.21. The van der Waals surface area contributed by atoms with Gasteiger partial charge < -0.3 is 9.16 Å². The Kier molecular flexibility index (Phi) is 5.03. The van der Waals surface area contributed by atoms with Gasteiger partial charge in [-0.05, 0) is 34.1 Å². The Morgan fingerprint density at radius 3 is 2.39 bits per heavy atom. The molecule has 0 aliphatic carbocycles. The molecule has 0 spiro atoms. The first kappa shape index (κ1) is 15.7. The molecule has 18 heavy (non-hydrogen) atoms. The van der Waals surface area contributed by atoms with Gasteiger partial charge >= 0.3 is 0 Å². The van der Waals surface area contributed by atoms with Crippen molar-refractivity contribution in [3.05, 3.63) is 10.7 Å². The van der Waals surface area contributed by atoms with Crippen molar-refractivity contribution in [2.45, 2.75) is 38.9 Å². The average molecular weight is 335 g/mol. The lowest BCUT2D eigenvalue weighted by Crippen LogP contribution is -2.41. The molecule has 0 fully saturated rings. The van der Waals surface area contributed by atoms with Crippen LogP contribution in [0.2, 0.25) is 18.1 Å². The topological polar surface area (TPSA) is 36.3 Å². The van der Waals surface area contributed by atoms with Gasteiger partial charge in [0.05, 0.1) is 17.3 Å². The third kappa shape index (κ3) is 3.83. The number of ether oxygens (including phenoxy) is 1. The van der Waals surface area contributed by atoms with Crippen LogP contribution in [0.1, 0.15) is 20.8 Å². The Bertz CT molecular complexity index is 380. The largest absolute Gasteiger partial charge is 0.475 e. The molecule has 0 aliphatic rings. The van der Waals surface area contributed by atoms with E-state index in [1.54, 1.807) is 10.9 Å². The Hall–Kier alpha value is -0.333. The van der Waals surface area contributed by atoms with Crippen LogP contribution in [0, 0.1) is 0 Å². The molecule has 104 valence electrons. The monoisotopic (exact) mass is 334 g/mol. The minimum Gasteiger partial charge on any atom is -0.475 e. The highest BCUT2D eigenvalue weighted by Gasteiger charge is 2.36. The molecule has 0 bridgehead atoms. The molecule has 0 saturated heterocycles. The van der Waals surface area contributed by atoms with Crippen LogP contribution in [0.5, 0.6) is 5.88 Å². The highest BCUT2D eigenvalue weighted by Crippen LogP contribution is 2.36. The zero-order valence-electron chi connectivity index (χ0n) is 12.1. The standard InChI is InChI=1S/C12H23BrN2O2Si/c1-12(2,3)18(5,6)17-8-7-16-11-10(13)9-14-15(11)4/h9H,7-8H2,1-6H3. The number of hydrogen-bond donors (Lipinski definition) is 0. The summed E-state index contributed by atoms with van der Waals surface area (Å²) < 4.78 is 14.3. The number of aryl methyl sites for hydroxylation is 1. The molecule has 0 N–H and O–H groups in total. The highest BCUT2D eigenvalue weighted by atomic mass is 79.9. The van der Waals surface area contributed by atoms with Crippen molar-refractivity contribution in [1.82, 2.24) is 9.78 Å². The quantitative estimate of drug-likeness (QED) is 0.609. The summed E-state index contributed by atoms with van der Waals surface area (Å²) in [6, 6.07) is 0. The van der Waals surface area contributed by atoms with E-state index < -0.39 is 8.32 Å². The molecule has 4 nitrogen and oxygen atoms in total. The van der Waals surface area contributed by atoms with Crippen LogP contribution in [-0.4, -0.2) is 31.3 Å². The van der Waals surface area contributed by atoms with E-state index in [-0.39, 0.29) is 5.04 Å². The lowest BCUT2D eigenvalue weighted by molar-refractivity contribution is 0.193. The van der Waals surface area contributed by atoms with Crippen LogP contribution in [0.15, 0.2) is 10.7 Å². The van der Waals surface area contributed by atoms with Crippen LogP contribution >= 0.6 is 15.9 Å². The summed E-state index contributed by atoms with van der Waals surface area (Å²) in [5.74, 6) is 0.744. The van der Waals surface area contributed by atoms with Gasteiger partial charge in [0.15, 0.2) is 8.32 Å². The second kappa shape index (κ2) is 5.75. The molecule has 1 rings (SSSR count). The summed E-state index contributed by atoms with van der Waals surface area (Å²) in [6.07, 6.45) is 1.73. The molecule has 1 aromatic rings. The van der Waals surface area contributed by atoms with E-state index in [9.17, 15) is 0 Å². The van der Waals surface area contributed by atoms with Gasteiger partial charge in [0, 0.05) is 7.05 Å². The molecular formula is C12H23BrN2O2Si. The number of halogens is 1. The first-order chi connectivity index (χ1) is 8.15. The fourth-order valence-corrected chi connectivity index (χ4v) is 2.70. The number of aromatic nitrogens is 2. The Morgan fingerprint density at radius 2 is 1.94 bits per heavy atom. The van der Waals surface area contributed by atoms with Gasteiger partial charge in [-0.2, -0.15) is 5.10 Å². The molecule has 0 radical (unpaired) electrons. The maximum atomic E-state index is 6.04. The van der Waals surface area contributed by atoms with Crippen molar-refractivity contribution in [3.8, 4) is 5.88 Å². The summed E-state index contributed by atoms with van der Waals surface area (Å²) in [5.41, 5.74) is 0. The predicted molar refractivity (Wildman–Crippen MR) is 79.6 cm³/mol. The zero-order chi connectivity index (χ0) is 14.0. The second-order valence-electron chi connectivity index (χ2n) is 5.88. The first-order valence-electron chi connectivity index (χ1n) is 6.09. The van der Waals surface area contributed by atoms with Crippen LogP contribution in [-0.2, 0) is 11.5 Å². The van der Waals surface area contributed by atoms with E-state index in [4.69, 9.17) is 9.16 Å². The van der Waals surface area contributed by atoms with Gasteiger partial charge in [-0.25, -0.2) is 4.68 Å². The molecule has 0 amide bonds. The van der Waals surface area contributed by atoms with Crippen LogP contribution in [0.25, 0.3) is 0 Å². The smallest absolute Gasteiger partial charge is 0.226 e. The Morgan fingerprint density at radius 1 is 1.33 bits per heavy atom. The van der Waals surface area contributed by atoms with E-state index in [0.717, 1.165) is 10.4 Å². The van der Waals surface area contributed by atoms with Gasteiger partial charge in [-0.3, -0.25) is 0 Å². The summed E-state index contributed by atoms with van der Waals surface area (Å²) in [5, 5.41) is 4.33. The molecular weight excluding hydrogens is 312 g/mol. The zero-order valence-corrected chi connectivity index (χ0v) is 14.7. The van der Waals surface area contributed by atoms with Crippen molar-refractivity contribution >= 4 is 24.2 Å². The Balaban J connectivity index is 2.40. The second-order valence-corrected chi connectivity index (χ2v) is 11.5. The average Bonchev–Trinajstić information content (AvgIpc) is 2.53. The van der Waals surface area contributed by atoms with Crippen molar-refractivity contribution in [3.63, 3.8) is 0 Å². The van der Waals surface area contributed by atoms with Crippen LogP contribution in [0.3, 0.4) is 0 Å². The van der Waals surface area contributed by atoms with E-state index in [1.807, 2.05) is 7.05 Å². The normalized spacial score (nSPS) is 12.8.